The van der Waals surface area contributed by atoms with E-state index in [2.05, 4.69) is 13.5 Å². The predicted octanol–water partition coefficient (Wildman–Crippen LogP) is 5.19. The molecule has 0 N–H and O–H groups in total. The number of rotatable bonds is 11. The second-order valence-corrected chi connectivity index (χ2v) is 6.89. The first-order valence-electron chi connectivity index (χ1n) is 9.30. The molecule has 5 nitrogen and oxygen atoms in total. The summed E-state index contributed by atoms with van der Waals surface area (Å²) in [6.45, 7) is 8.26. The lowest BCUT2D eigenvalue weighted by Crippen LogP contribution is -2.30. The molecule has 152 valence electrons. The number of unbranched alkanes of at least 4 members (excludes halogenated alkanes) is 1. The van der Waals surface area contributed by atoms with Crippen LogP contribution in [-0.2, 0) is 14.3 Å². The zero-order valence-corrected chi connectivity index (χ0v) is 17.4. The second-order valence-electron chi connectivity index (χ2n) is 6.48. The van der Waals surface area contributed by atoms with E-state index in [1.54, 1.807) is 20.1 Å². The first kappa shape index (κ1) is 22.1. The SMILES string of the molecule is C=C(C)C(=O)OC(COCCCC)COc1c(Cl)cc(OC)c2ccccc12. The monoisotopic (exact) mass is 406 g/mol. The summed E-state index contributed by atoms with van der Waals surface area (Å²) in [4.78, 5) is 11.9. The van der Waals surface area contributed by atoms with E-state index in [-0.39, 0.29) is 13.2 Å². The zero-order valence-electron chi connectivity index (χ0n) is 16.6. The van der Waals surface area contributed by atoms with Gasteiger partial charge in [-0.05, 0) is 13.3 Å². The van der Waals surface area contributed by atoms with E-state index < -0.39 is 12.1 Å². The highest BCUT2D eigenvalue weighted by atomic mass is 35.5. The van der Waals surface area contributed by atoms with E-state index in [0.717, 1.165) is 23.6 Å². The molecule has 2 aromatic carbocycles. The lowest BCUT2D eigenvalue weighted by molar-refractivity contribution is -0.149. The van der Waals surface area contributed by atoms with Crippen LogP contribution >= 0.6 is 11.6 Å². The minimum atomic E-state index is -0.571. The normalized spacial score (nSPS) is 11.9. The number of methoxy groups -OCH3 is 1. The van der Waals surface area contributed by atoms with Gasteiger partial charge in [0.15, 0.2) is 6.10 Å². The molecule has 0 amide bonds. The van der Waals surface area contributed by atoms with Gasteiger partial charge in [-0.1, -0.05) is 55.8 Å². The molecule has 0 fully saturated rings. The second kappa shape index (κ2) is 10.9. The Bertz CT molecular complexity index is 818. The molecule has 2 aromatic rings. The number of hydrogen-bond acceptors (Lipinski definition) is 5. The van der Waals surface area contributed by atoms with Crippen LogP contribution in [-0.4, -0.2) is 39.0 Å². The van der Waals surface area contributed by atoms with Crippen molar-refractivity contribution in [3.8, 4) is 11.5 Å². The standard InChI is InChI=1S/C22H27ClO5/c1-5-6-11-26-13-16(28-22(24)15(2)3)14-27-21-18-10-8-7-9-17(18)20(25-4)12-19(21)23/h7-10,12,16H,2,5-6,11,13-14H2,1,3-4H3. The smallest absolute Gasteiger partial charge is 0.333 e. The van der Waals surface area contributed by atoms with Gasteiger partial charge in [-0.25, -0.2) is 4.79 Å². The van der Waals surface area contributed by atoms with E-state index >= 15 is 0 Å². The largest absolute Gasteiger partial charge is 0.496 e. The zero-order chi connectivity index (χ0) is 20.5. The van der Waals surface area contributed by atoms with E-state index in [4.69, 9.17) is 30.5 Å². The van der Waals surface area contributed by atoms with Crippen LogP contribution in [0.15, 0.2) is 42.5 Å². The third-order valence-corrected chi connectivity index (χ3v) is 4.39. The highest BCUT2D eigenvalue weighted by Crippen LogP contribution is 2.39. The Morgan fingerprint density at radius 2 is 1.93 bits per heavy atom. The number of carbonyl (C=O) groups excluding carboxylic acids is 1. The molecule has 0 aromatic heterocycles. The van der Waals surface area contributed by atoms with E-state index in [1.165, 1.54) is 0 Å². The lowest BCUT2D eigenvalue weighted by atomic mass is 10.1. The minimum absolute atomic E-state index is 0.112. The molecule has 0 aliphatic rings. The molecular weight excluding hydrogens is 380 g/mol. The maximum Gasteiger partial charge on any atom is 0.333 e. The van der Waals surface area contributed by atoms with Crippen molar-refractivity contribution in [1.29, 1.82) is 0 Å². The number of carbonyl (C=O) groups is 1. The van der Waals surface area contributed by atoms with Crippen LogP contribution in [0.25, 0.3) is 10.8 Å². The van der Waals surface area contributed by atoms with Gasteiger partial charge in [-0.2, -0.15) is 0 Å². The van der Waals surface area contributed by atoms with Crippen molar-refractivity contribution in [1.82, 2.24) is 0 Å². The first-order chi connectivity index (χ1) is 13.5. The number of benzene rings is 2. The third kappa shape index (κ3) is 5.88. The van der Waals surface area contributed by atoms with E-state index in [9.17, 15) is 4.79 Å². The highest BCUT2D eigenvalue weighted by molar-refractivity contribution is 6.33. The Kier molecular flexibility index (Phi) is 8.61. The average molecular weight is 407 g/mol. The molecule has 0 aliphatic heterocycles. The van der Waals surface area contributed by atoms with Crippen LogP contribution in [0.4, 0.5) is 0 Å². The van der Waals surface area contributed by atoms with Gasteiger partial charge in [0.25, 0.3) is 0 Å². The molecule has 1 atom stereocenters. The van der Waals surface area contributed by atoms with Gasteiger partial charge >= 0.3 is 5.97 Å². The summed E-state index contributed by atoms with van der Waals surface area (Å²) in [5.41, 5.74) is 0.325. The minimum Gasteiger partial charge on any atom is -0.496 e. The van der Waals surface area contributed by atoms with Crippen LogP contribution in [0.2, 0.25) is 5.02 Å². The topological polar surface area (TPSA) is 54.0 Å². The molecule has 1 unspecified atom stereocenters. The Morgan fingerprint density at radius 3 is 2.57 bits per heavy atom. The molecule has 0 saturated carbocycles. The molecule has 0 heterocycles. The molecule has 0 saturated heterocycles. The molecule has 0 bridgehead atoms. The molecule has 0 radical (unpaired) electrons. The van der Waals surface area contributed by atoms with Crippen molar-refractivity contribution < 1.29 is 23.7 Å². The van der Waals surface area contributed by atoms with Crippen LogP contribution in [0.5, 0.6) is 11.5 Å². The summed E-state index contributed by atoms with van der Waals surface area (Å²) in [7, 11) is 1.60. The molecule has 0 spiro atoms. The van der Waals surface area contributed by atoms with Crippen molar-refractivity contribution in [2.24, 2.45) is 0 Å². The third-order valence-electron chi connectivity index (χ3n) is 4.11. The van der Waals surface area contributed by atoms with E-state index in [0.29, 0.717) is 28.7 Å². The maximum absolute atomic E-state index is 11.9. The molecule has 6 heteroatoms. The summed E-state index contributed by atoms with van der Waals surface area (Å²) < 4.78 is 22.5. The van der Waals surface area contributed by atoms with Gasteiger partial charge in [0.1, 0.15) is 18.1 Å². The van der Waals surface area contributed by atoms with E-state index in [1.807, 2.05) is 24.3 Å². The van der Waals surface area contributed by atoms with Crippen LogP contribution < -0.4 is 9.47 Å². The fourth-order valence-electron chi connectivity index (χ4n) is 2.60. The lowest BCUT2D eigenvalue weighted by Gasteiger charge is -2.20. The summed E-state index contributed by atoms with van der Waals surface area (Å²) >= 11 is 6.41. The van der Waals surface area contributed by atoms with Crippen LogP contribution in [0, 0.1) is 0 Å². The first-order valence-corrected chi connectivity index (χ1v) is 9.68. The highest BCUT2D eigenvalue weighted by Gasteiger charge is 2.19. The molecule has 0 aliphatic carbocycles. The molecular formula is C22H27ClO5. The summed E-state index contributed by atoms with van der Waals surface area (Å²) in [5.74, 6) is 0.711. The Morgan fingerprint density at radius 1 is 1.21 bits per heavy atom. The summed E-state index contributed by atoms with van der Waals surface area (Å²) in [5, 5.41) is 2.13. The van der Waals surface area contributed by atoms with Gasteiger partial charge in [-0.3, -0.25) is 0 Å². The van der Waals surface area contributed by atoms with Crippen molar-refractivity contribution in [3.05, 3.63) is 47.5 Å². The van der Waals surface area contributed by atoms with Gasteiger partial charge in [0, 0.05) is 29.0 Å². The fourth-order valence-corrected chi connectivity index (χ4v) is 2.86. The van der Waals surface area contributed by atoms with Crippen molar-refractivity contribution >= 4 is 28.3 Å². The van der Waals surface area contributed by atoms with Crippen molar-refractivity contribution in [2.45, 2.75) is 32.8 Å². The average Bonchev–Trinajstić information content (AvgIpc) is 2.69. The van der Waals surface area contributed by atoms with Gasteiger partial charge in [0.05, 0.1) is 18.7 Å². The predicted molar refractivity (Wildman–Crippen MR) is 111 cm³/mol. The maximum atomic E-state index is 11.9. The van der Waals surface area contributed by atoms with Crippen LogP contribution in [0.3, 0.4) is 0 Å². The molecule has 2 rings (SSSR count). The fraction of sp³-hybridized carbons (Fsp3) is 0.409. The summed E-state index contributed by atoms with van der Waals surface area (Å²) in [6.07, 6.45) is 1.40. The molecule has 28 heavy (non-hydrogen) atoms. The van der Waals surface area contributed by atoms with Gasteiger partial charge in [0.2, 0.25) is 0 Å². The number of ether oxygens (including phenoxy) is 4. The number of esters is 1. The Labute approximate surface area is 171 Å². The van der Waals surface area contributed by atoms with Crippen LogP contribution in [0.1, 0.15) is 26.7 Å². The van der Waals surface area contributed by atoms with Gasteiger partial charge < -0.3 is 18.9 Å². The summed E-state index contributed by atoms with van der Waals surface area (Å²) in [6, 6.07) is 9.38. The number of fused-ring (bicyclic) bond motifs is 1. The number of hydrogen-bond donors (Lipinski definition) is 0. The van der Waals surface area contributed by atoms with Gasteiger partial charge in [-0.15, -0.1) is 0 Å². The Balaban J connectivity index is 2.17. The Hall–Kier alpha value is -2.24. The van der Waals surface area contributed by atoms with Crippen molar-refractivity contribution in [2.75, 3.05) is 26.9 Å². The van der Waals surface area contributed by atoms with Crippen molar-refractivity contribution in [3.63, 3.8) is 0 Å². The quantitative estimate of drug-likeness (QED) is 0.292. The number of halogens is 1.